The fourth-order valence-electron chi connectivity index (χ4n) is 2.24. The van der Waals surface area contributed by atoms with Gasteiger partial charge in [-0.2, -0.15) is 0 Å². The van der Waals surface area contributed by atoms with Crippen molar-refractivity contribution in [3.05, 3.63) is 59.9 Å². The number of sulfonamides is 1. The summed E-state index contributed by atoms with van der Waals surface area (Å²) in [7, 11) is -3.75. The van der Waals surface area contributed by atoms with Gasteiger partial charge in [-0.15, -0.1) is 0 Å². The summed E-state index contributed by atoms with van der Waals surface area (Å²) in [4.78, 5) is 16.5. The lowest BCUT2D eigenvalue weighted by Crippen LogP contribution is -2.35. The van der Waals surface area contributed by atoms with Crippen molar-refractivity contribution in [3.8, 4) is 0 Å². The Morgan fingerprint density at radius 2 is 1.75 bits per heavy atom. The van der Waals surface area contributed by atoms with Crippen molar-refractivity contribution in [2.45, 2.75) is 26.7 Å². The Bertz CT molecular complexity index is 875. The molecule has 0 saturated heterocycles. The third-order valence-corrected chi connectivity index (χ3v) is 4.73. The van der Waals surface area contributed by atoms with Gasteiger partial charge in [-0.1, -0.05) is 39.1 Å². The van der Waals surface area contributed by atoms with Crippen molar-refractivity contribution in [1.29, 1.82) is 0 Å². The molecule has 24 heavy (non-hydrogen) atoms. The number of carbonyl (C=O) groups excluding carboxylic acids is 1. The van der Waals surface area contributed by atoms with Crippen molar-refractivity contribution in [1.82, 2.24) is 9.71 Å². The summed E-state index contributed by atoms with van der Waals surface area (Å²) in [6, 6.07) is 11.6. The van der Waals surface area contributed by atoms with Crippen molar-refractivity contribution >= 4 is 27.3 Å². The molecule has 0 radical (unpaired) electrons. The Morgan fingerprint density at radius 3 is 2.42 bits per heavy atom. The predicted molar refractivity (Wildman–Crippen MR) is 95.7 cm³/mol. The van der Waals surface area contributed by atoms with E-state index in [0.29, 0.717) is 17.0 Å². The van der Waals surface area contributed by atoms with Gasteiger partial charge in [0.1, 0.15) is 11.5 Å². The van der Waals surface area contributed by atoms with Crippen molar-refractivity contribution in [2.24, 2.45) is 0 Å². The number of nitrogens with one attached hydrogen (secondary N) is 2. The summed E-state index contributed by atoms with van der Waals surface area (Å²) in [5.41, 5.74) is 1.09. The van der Waals surface area contributed by atoms with E-state index < -0.39 is 15.9 Å². The van der Waals surface area contributed by atoms with Gasteiger partial charge in [-0.05, 0) is 30.7 Å². The molecule has 2 aromatic rings. The summed E-state index contributed by atoms with van der Waals surface area (Å²) >= 11 is 0. The molecule has 0 spiro atoms. The zero-order valence-corrected chi connectivity index (χ0v) is 12.5. The van der Waals surface area contributed by atoms with Crippen LogP contribution in [-0.4, -0.2) is 19.3 Å². The minimum absolute atomic E-state index is 0. The van der Waals surface area contributed by atoms with E-state index in [-0.39, 0.29) is 25.4 Å². The van der Waals surface area contributed by atoms with E-state index in [1.165, 1.54) is 12.3 Å². The second kappa shape index (κ2) is 7.27. The lowest BCUT2D eigenvalue weighted by molar-refractivity contribution is -0.113. The average molecular weight is 347 g/mol. The van der Waals surface area contributed by atoms with Gasteiger partial charge in [0.25, 0.3) is 15.9 Å². The lowest BCUT2D eigenvalue weighted by Gasteiger charge is -2.22. The molecule has 3 rings (SSSR count). The Labute approximate surface area is 142 Å². The number of benzene rings is 1. The van der Waals surface area contributed by atoms with E-state index in [4.69, 9.17) is 0 Å². The molecule has 0 fully saturated rings. The van der Waals surface area contributed by atoms with Gasteiger partial charge >= 0.3 is 0 Å². The molecule has 1 aromatic heterocycles. The number of allylic oxidation sites excluding steroid dienone is 1. The van der Waals surface area contributed by atoms with E-state index >= 15 is 0 Å². The molecule has 1 aromatic carbocycles. The molecule has 1 amide bonds. The number of aromatic nitrogens is 1. The van der Waals surface area contributed by atoms with Crippen molar-refractivity contribution < 1.29 is 13.2 Å². The van der Waals surface area contributed by atoms with Crippen LogP contribution in [0.25, 0.3) is 5.57 Å². The summed E-state index contributed by atoms with van der Waals surface area (Å²) in [5.74, 6) is -0.194. The number of hydrogen-bond acceptors (Lipinski definition) is 4. The molecule has 0 aliphatic carbocycles. The zero-order chi connectivity index (χ0) is 15.7. The van der Waals surface area contributed by atoms with Gasteiger partial charge in [0.15, 0.2) is 0 Å². The fraction of sp³-hybridized carbons (Fsp3) is 0.176. The van der Waals surface area contributed by atoms with Crippen LogP contribution in [0.5, 0.6) is 0 Å². The van der Waals surface area contributed by atoms with Gasteiger partial charge < -0.3 is 5.32 Å². The smallest absolute Gasteiger partial charge is 0.274 e. The quantitative estimate of drug-likeness (QED) is 0.874. The van der Waals surface area contributed by atoms with Crippen LogP contribution < -0.4 is 10.0 Å². The highest BCUT2D eigenvalue weighted by Crippen LogP contribution is 2.30. The number of hydrogen-bond donors (Lipinski definition) is 2. The fourth-order valence-corrected chi connectivity index (χ4v) is 3.64. The Morgan fingerprint density at radius 1 is 1.08 bits per heavy atom. The molecule has 2 N–H and O–H groups in total. The lowest BCUT2D eigenvalue weighted by atomic mass is 10.0. The number of pyridine rings is 1. The number of amides is 1. The van der Waals surface area contributed by atoms with Crippen LogP contribution in [0.2, 0.25) is 0 Å². The minimum atomic E-state index is -3.75. The highest BCUT2D eigenvalue weighted by molar-refractivity contribution is 7.89. The second-order valence-corrected chi connectivity index (χ2v) is 6.42. The van der Waals surface area contributed by atoms with Crippen LogP contribution in [0.1, 0.15) is 27.3 Å². The maximum Gasteiger partial charge on any atom is 0.274 e. The highest BCUT2D eigenvalue weighted by Gasteiger charge is 2.30. The summed E-state index contributed by atoms with van der Waals surface area (Å²) in [6.45, 7) is 1.70. The largest absolute Gasteiger partial charge is 0.305 e. The van der Waals surface area contributed by atoms with Crippen molar-refractivity contribution in [3.63, 3.8) is 0 Å². The van der Waals surface area contributed by atoms with Crippen LogP contribution >= 0.6 is 0 Å². The van der Waals surface area contributed by atoms with Crippen molar-refractivity contribution in [2.75, 3.05) is 5.32 Å². The van der Waals surface area contributed by atoms with E-state index in [1.54, 1.807) is 43.3 Å². The standard InChI is InChI=1S/C15H13N3O3S.2CH4/c1-10-11-6-2-3-7-12(11)22(20,21)18-14(10)15(19)17-13-8-4-5-9-16-13;;/h2-9,18H,1H3,(H,16,17,19);2*1H4. The highest BCUT2D eigenvalue weighted by atomic mass is 32.2. The van der Waals surface area contributed by atoms with Gasteiger partial charge in [-0.25, -0.2) is 13.4 Å². The second-order valence-electron chi connectivity index (χ2n) is 4.77. The summed E-state index contributed by atoms with van der Waals surface area (Å²) in [5, 5.41) is 2.58. The van der Waals surface area contributed by atoms with Gasteiger partial charge in [-0.3, -0.25) is 9.52 Å². The molecular formula is C17H21N3O3S. The van der Waals surface area contributed by atoms with Crippen LogP contribution in [-0.2, 0) is 14.8 Å². The van der Waals surface area contributed by atoms with E-state index in [9.17, 15) is 13.2 Å². The topological polar surface area (TPSA) is 88.2 Å². The van der Waals surface area contributed by atoms with Gasteiger partial charge in [0.05, 0.1) is 4.90 Å². The molecule has 1 aliphatic rings. The molecule has 2 heterocycles. The molecule has 0 unspecified atom stereocenters. The predicted octanol–water partition coefficient (Wildman–Crippen LogP) is 3.02. The summed E-state index contributed by atoms with van der Waals surface area (Å²) < 4.78 is 26.8. The summed E-state index contributed by atoms with van der Waals surface area (Å²) in [6.07, 6.45) is 1.54. The maximum atomic E-state index is 12.3. The first-order valence-corrected chi connectivity index (χ1v) is 8.03. The van der Waals surface area contributed by atoms with E-state index in [1.807, 2.05) is 0 Å². The van der Waals surface area contributed by atoms with Crippen LogP contribution in [0.15, 0.2) is 59.3 Å². The molecule has 0 saturated carbocycles. The van der Waals surface area contributed by atoms with E-state index in [2.05, 4.69) is 15.0 Å². The molecule has 6 nitrogen and oxygen atoms in total. The molecule has 0 atom stereocenters. The van der Waals surface area contributed by atoms with Crippen LogP contribution in [0.3, 0.4) is 0 Å². The zero-order valence-electron chi connectivity index (χ0n) is 11.7. The maximum absolute atomic E-state index is 12.3. The number of nitrogens with zero attached hydrogens (tertiary/aromatic N) is 1. The first-order chi connectivity index (χ1) is 10.5. The monoisotopic (exact) mass is 347 g/mol. The molecule has 7 heteroatoms. The van der Waals surface area contributed by atoms with Crippen LogP contribution in [0, 0.1) is 0 Å². The molecular weight excluding hydrogens is 326 g/mol. The number of fused-ring (bicyclic) bond motifs is 1. The van der Waals surface area contributed by atoms with Gasteiger partial charge in [0, 0.05) is 11.8 Å². The SMILES string of the molecule is C.C.CC1=C(C(=O)Nc2ccccn2)NS(=O)(=O)c2ccccc21. The Hall–Kier alpha value is -2.67. The normalized spacial score (nSPS) is 14.4. The first kappa shape index (κ1) is 19.4. The molecule has 128 valence electrons. The minimum Gasteiger partial charge on any atom is -0.305 e. The first-order valence-electron chi connectivity index (χ1n) is 6.54. The number of carbonyl (C=O) groups is 1. The van der Waals surface area contributed by atoms with Crippen LogP contribution in [0.4, 0.5) is 5.82 Å². The Kier molecular flexibility index (Phi) is 5.87. The van der Waals surface area contributed by atoms with E-state index in [0.717, 1.165) is 0 Å². The third-order valence-electron chi connectivity index (χ3n) is 3.33. The molecule has 0 bridgehead atoms. The number of anilines is 1. The molecule has 1 aliphatic heterocycles. The number of rotatable bonds is 2. The van der Waals surface area contributed by atoms with Gasteiger partial charge in [0.2, 0.25) is 0 Å². The third kappa shape index (κ3) is 3.46. The average Bonchev–Trinajstić information content (AvgIpc) is 2.52. The Balaban J connectivity index is 0.00000144.